The molecule has 8 nitrogen and oxygen atoms in total. The van der Waals surface area contributed by atoms with E-state index in [9.17, 15) is 0 Å². The molecule has 0 atom stereocenters. The quantitative estimate of drug-likeness (QED) is 0.571. The molecule has 1 aliphatic rings. The molecular weight excluding hydrogens is 330 g/mol. The lowest BCUT2D eigenvalue weighted by atomic mass is 10.1. The minimum absolute atomic E-state index is 0.207. The van der Waals surface area contributed by atoms with Crippen LogP contribution >= 0.6 is 0 Å². The van der Waals surface area contributed by atoms with E-state index in [4.69, 9.17) is 20.4 Å². The Morgan fingerprint density at radius 2 is 1.88 bits per heavy atom. The Bertz CT molecular complexity index is 1100. The Labute approximate surface area is 149 Å². The third kappa shape index (κ3) is 2.42. The van der Waals surface area contributed by atoms with E-state index in [1.54, 1.807) is 12.3 Å². The molecule has 130 valence electrons. The van der Waals surface area contributed by atoms with E-state index in [2.05, 4.69) is 32.0 Å². The molecule has 0 bridgehead atoms. The van der Waals surface area contributed by atoms with Gasteiger partial charge in [-0.05, 0) is 24.3 Å². The summed E-state index contributed by atoms with van der Waals surface area (Å²) < 4.78 is 5.49. The molecule has 4 heterocycles. The van der Waals surface area contributed by atoms with E-state index in [0.717, 1.165) is 40.7 Å². The number of hydrogen-bond acceptors (Lipinski definition) is 7. The van der Waals surface area contributed by atoms with E-state index in [1.165, 1.54) is 0 Å². The SMILES string of the molecule is Nc1nccc(-c2nc(N3CCOCC3)c3ccc4[nH]ccc4c3n2)n1. The van der Waals surface area contributed by atoms with Crippen LogP contribution in [-0.4, -0.2) is 51.2 Å². The van der Waals surface area contributed by atoms with Crippen molar-refractivity contribution in [1.29, 1.82) is 0 Å². The lowest BCUT2D eigenvalue weighted by Gasteiger charge is -2.29. The molecule has 8 heteroatoms. The van der Waals surface area contributed by atoms with Gasteiger partial charge in [0.1, 0.15) is 11.5 Å². The molecular formula is C18H17N7O. The van der Waals surface area contributed by atoms with Crippen LogP contribution in [0.2, 0.25) is 0 Å². The topological polar surface area (TPSA) is 106 Å². The number of anilines is 2. The number of ether oxygens (including phenoxy) is 1. The number of nitrogens with one attached hydrogen (secondary N) is 1. The number of aromatic amines is 1. The van der Waals surface area contributed by atoms with Crippen molar-refractivity contribution in [3.63, 3.8) is 0 Å². The second-order valence-electron chi connectivity index (χ2n) is 6.17. The van der Waals surface area contributed by atoms with Crippen LogP contribution in [-0.2, 0) is 4.74 Å². The number of nitrogen functional groups attached to an aromatic ring is 1. The molecule has 26 heavy (non-hydrogen) atoms. The minimum atomic E-state index is 0.207. The minimum Gasteiger partial charge on any atom is -0.378 e. The summed E-state index contributed by atoms with van der Waals surface area (Å²) in [5, 5.41) is 2.08. The molecule has 0 unspecified atom stereocenters. The van der Waals surface area contributed by atoms with Crippen molar-refractivity contribution in [2.45, 2.75) is 0 Å². The summed E-state index contributed by atoms with van der Waals surface area (Å²) in [6.45, 7) is 2.96. The largest absolute Gasteiger partial charge is 0.378 e. The average Bonchev–Trinajstić information content (AvgIpc) is 3.17. The molecule has 0 radical (unpaired) electrons. The van der Waals surface area contributed by atoms with E-state index >= 15 is 0 Å². The monoisotopic (exact) mass is 347 g/mol. The fraction of sp³-hybridized carbons (Fsp3) is 0.222. The third-order valence-corrected chi connectivity index (χ3v) is 4.59. The van der Waals surface area contributed by atoms with Gasteiger partial charge in [-0.3, -0.25) is 0 Å². The van der Waals surface area contributed by atoms with Gasteiger partial charge in [0, 0.05) is 41.8 Å². The Morgan fingerprint density at radius 3 is 2.73 bits per heavy atom. The maximum absolute atomic E-state index is 5.75. The number of aromatic nitrogens is 5. The molecule has 3 aromatic heterocycles. The number of rotatable bonds is 2. The molecule has 5 rings (SSSR count). The lowest BCUT2D eigenvalue weighted by Crippen LogP contribution is -2.37. The van der Waals surface area contributed by atoms with Gasteiger partial charge in [-0.15, -0.1) is 0 Å². The number of hydrogen-bond donors (Lipinski definition) is 2. The maximum atomic E-state index is 5.75. The average molecular weight is 347 g/mol. The van der Waals surface area contributed by atoms with Crippen molar-refractivity contribution < 1.29 is 4.74 Å². The van der Waals surface area contributed by atoms with E-state index < -0.39 is 0 Å². The van der Waals surface area contributed by atoms with Crippen molar-refractivity contribution in [3.05, 3.63) is 36.7 Å². The van der Waals surface area contributed by atoms with Crippen molar-refractivity contribution >= 4 is 33.6 Å². The number of benzene rings is 1. The lowest BCUT2D eigenvalue weighted by molar-refractivity contribution is 0.122. The Morgan fingerprint density at radius 1 is 1.00 bits per heavy atom. The van der Waals surface area contributed by atoms with Gasteiger partial charge < -0.3 is 20.4 Å². The summed E-state index contributed by atoms with van der Waals surface area (Å²) in [5.41, 5.74) is 8.30. The molecule has 1 aromatic carbocycles. The van der Waals surface area contributed by atoms with Crippen molar-refractivity contribution in [2.24, 2.45) is 0 Å². The molecule has 0 spiro atoms. The van der Waals surface area contributed by atoms with E-state index in [0.29, 0.717) is 24.7 Å². The fourth-order valence-electron chi connectivity index (χ4n) is 3.34. The summed E-state index contributed by atoms with van der Waals surface area (Å²) in [6, 6.07) is 7.94. The predicted molar refractivity (Wildman–Crippen MR) is 99.9 cm³/mol. The standard InChI is InChI=1S/C18H17N7O/c19-18-21-6-4-14(22-18)16-23-15-11-3-5-20-13(11)2-1-12(15)17(24-16)25-7-9-26-10-8-25/h1-6,20H,7-10H2,(H2,19,21,22). The zero-order valence-corrected chi connectivity index (χ0v) is 14.0. The summed E-state index contributed by atoms with van der Waals surface area (Å²) >= 11 is 0. The van der Waals surface area contributed by atoms with E-state index in [1.807, 2.05) is 12.3 Å². The Balaban J connectivity index is 1.80. The van der Waals surface area contributed by atoms with Gasteiger partial charge in [-0.2, -0.15) is 0 Å². The molecule has 1 fully saturated rings. The highest BCUT2D eigenvalue weighted by atomic mass is 16.5. The first kappa shape index (κ1) is 15.0. The second-order valence-corrected chi connectivity index (χ2v) is 6.17. The summed E-state index contributed by atoms with van der Waals surface area (Å²) in [4.78, 5) is 23.4. The van der Waals surface area contributed by atoms with Crippen molar-refractivity contribution in [3.8, 4) is 11.5 Å². The van der Waals surface area contributed by atoms with Gasteiger partial charge in [0.15, 0.2) is 5.82 Å². The smallest absolute Gasteiger partial charge is 0.220 e. The van der Waals surface area contributed by atoms with Gasteiger partial charge in [-0.25, -0.2) is 19.9 Å². The number of morpholine rings is 1. The Kier molecular flexibility index (Phi) is 3.42. The van der Waals surface area contributed by atoms with Crippen LogP contribution in [0.25, 0.3) is 33.3 Å². The van der Waals surface area contributed by atoms with Crippen molar-refractivity contribution in [2.75, 3.05) is 36.9 Å². The van der Waals surface area contributed by atoms with Gasteiger partial charge in [0.25, 0.3) is 0 Å². The van der Waals surface area contributed by atoms with Gasteiger partial charge in [-0.1, -0.05) is 0 Å². The number of nitrogens with zero attached hydrogens (tertiary/aromatic N) is 5. The maximum Gasteiger partial charge on any atom is 0.220 e. The van der Waals surface area contributed by atoms with Gasteiger partial charge >= 0.3 is 0 Å². The van der Waals surface area contributed by atoms with Crippen LogP contribution in [0.15, 0.2) is 36.7 Å². The van der Waals surface area contributed by atoms with E-state index in [-0.39, 0.29) is 5.95 Å². The third-order valence-electron chi connectivity index (χ3n) is 4.59. The second kappa shape index (κ2) is 5.92. The van der Waals surface area contributed by atoms with Crippen LogP contribution in [0, 0.1) is 0 Å². The number of nitrogens with two attached hydrogens (primary N) is 1. The highest BCUT2D eigenvalue weighted by Gasteiger charge is 2.19. The molecule has 0 saturated carbocycles. The number of fused-ring (bicyclic) bond motifs is 3. The Hall–Kier alpha value is -3.26. The summed E-state index contributed by atoms with van der Waals surface area (Å²) in [6.07, 6.45) is 3.54. The fourth-order valence-corrected chi connectivity index (χ4v) is 3.34. The molecule has 0 amide bonds. The summed E-state index contributed by atoms with van der Waals surface area (Å²) in [5.74, 6) is 1.65. The molecule has 3 N–H and O–H groups in total. The summed E-state index contributed by atoms with van der Waals surface area (Å²) in [7, 11) is 0. The van der Waals surface area contributed by atoms with Crippen LogP contribution in [0.1, 0.15) is 0 Å². The zero-order chi connectivity index (χ0) is 17.5. The molecule has 1 saturated heterocycles. The van der Waals surface area contributed by atoms with Crippen LogP contribution in [0.5, 0.6) is 0 Å². The molecule has 4 aromatic rings. The number of H-pyrrole nitrogens is 1. The zero-order valence-electron chi connectivity index (χ0n) is 14.0. The van der Waals surface area contributed by atoms with Crippen LogP contribution in [0.4, 0.5) is 11.8 Å². The van der Waals surface area contributed by atoms with Gasteiger partial charge in [0.2, 0.25) is 5.95 Å². The van der Waals surface area contributed by atoms with Crippen LogP contribution < -0.4 is 10.6 Å². The van der Waals surface area contributed by atoms with Crippen LogP contribution in [0.3, 0.4) is 0 Å². The highest BCUT2D eigenvalue weighted by Crippen LogP contribution is 2.32. The molecule has 1 aliphatic heterocycles. The first-order chi connectivity index (χ1) is 12.8. The highest BCUT2D eigenvalue weighted by molar-refractivity contribution is 6.08. The molecule has 0 aliphatic carbocycles. The first-order valence-electron chi connectivity index (χ1n) is 8.49. The van der Waals surface area contributed by atoms with Gasteiger partial charge in [0.05, 0.1) is 18.7 Å². The van der Waals surface area contributed by atoms with Crippen molar-refractivity contribution in [1.82, 2.24) is 24.9 Å². The normalized spacial score (nSPS) is 15.0. The predicted octanol–water partition coefficient (Wildman–Crippen LogP) is 1.99. The first-order valence-corrected chi connectivity index (χ1v) is 8.49.